The van der Waals surface area contributed by atoms with E-state index in [1.165, 1.54) is 0 Å². The molecule has 1 aromatic rings. The summed E-state index contributed by atoms with van der Waals surface area (Å²) >= 11 is 0.964. The molecule has 0 aromatic carbocycles. The van der Waals surface area contributed by atoms with Crippen LogP contribution in [0.3, 0.4) is 0 Å². The van der Waals surface area contributed by atoms with Crippen LogP contribution in [0.15, 0.2) is 24.4 Å². The van der Waals surface area contributed by atoms with Crippen LogP contribution in [0.1, 0.15) is 0 Å². The van der Waals surface area contributed by atoms with E-state index in [0.717, 1.165) is 30.5 Å². The first-order valence-electron chi connectivity index (χ1n) is 2.27. The second-order valence-electron chi connectivity index (χ2n) is 1.34. The van der Waals surface area contributed by atoms with Gasteiger partial charge in [0.15, 0.2) is 0 Å². The Bertz CT molecular complexity index is 152. The van der Waals surface area contributed by atoms with E-state index in [-0.39, 0.29) is 0 Å². The van der Waals surface area contributed by atoms with E-state index in [1.54, 1.807) is 6.20 Å². The second kappa shape index (κ2) is 2.97. The summed E-state index contributed by atoms with van der Waals surface area (Å²) in [6.45, 7) is 0. The fourth-order valence-electron chi connectivity index (χ4n) is 0.437. The third kappa shape index (κ3) is 1.40. The van der Waals surface area contributed by atoms with Crippen LogP contribution >= 0.6 is 0 Å². The van der Waals surface area contributed by atoms with E-state index in [0.29, 0.717) is 0 Å². The van der Waals surface area contributed by atoms with Gasteiger partial charge in [0.05, 0.1) is 0 Å². The van der Waals surface area contributed by atoms with Crippen LogP contribution in [-0.4, -0.2) is 4.98 Å². The van der Waals surface area contributed by atoms with Crippen LogP contribution in [0.25, 0.3) is 0 Å². The molecule has 0 fully saturated rings. The van der Waals surface area contributed by atoms with Crippen LogP contribution in [0.4, 0.5) is 5.82 Å². The Balaban J connectivity index is 2.83. The van der Waals surface area contributed by atoms with Gasteiger partial charge < -0.3 is 0 Å². The fraction of sp³-hybridized carbons (Fsp3) is 0. The first-order chi connectivity index (χ1) is 3.93. The number of nitrogens with one attached hydrogen (secondary N) is 1. The molecule has 1 aromatic heterocycles. The number of anilines is 1. The van der Waals surface area contributed by atoms with Crippen molar-refractivity contribution in [2.75, 3.05) is 3.30 Å². The van der Waals surface area contributed by atoms with Gasteiger partial charge in [-0.05, 0) is 0 Å². The van der Waals surface area contributed by atoms with E-state index in [9.17, 15) is 0 Å². The zero-order chi connectivity index (χ0) is 5.82. The number of pyridine rings is 1. The van der Waals surface area contributed by atoms with Gasteiger partial charge in [-0.2, -0.15) is 0 Å². The Morgan fingerprint density at radius 2 is 2.38 bits per heavy atom. The van der Waals surface area contributed by atoms with Crippen LogP contribution < -0.4 is 3.30 Å². The molecule has 1 heterocycles. The Kier molecular flexibility index (Phi) is 2.21. The average molecular weight is 272 g/mol. The molecule has 0 spiro atoms. The van der Waals surface area contributed by atoms with E-state index in [1.807, 2.05) is 18.2 Å². The third-order valence-electron chi connectivity index (χ3n) is 0.793. The van der Waals surface area contributed by atoms with Crippen molar-refractivity contribution in [1.29, 1.82) is 0 Å². The predicted molar refractivity (Wildman–Crippen MR) is 27.9 cm³/mol. The normalized spacial score (nSPS) is 8.38. The number of aromatic nitrogens is 1. The van der Waals surface area contributed by atoms with Crippen molar-refractivity contribution in [1.82, 2.24) is 4.98 Å². The summed E-state index contributed by atoms with van der Waals surface area (Å²) in [5.74, 6) is 0.971. The average Bonchev–Trinajstić information content (AvgIpc) is 1.90. The molecule has 39 valence electrons. The van der Waals surface area contributed by atoms with Gasteiger partial charge in [0.2, 0.25) is 0 Å². The zero-order valence-corrected chi connectivity index (χ0v) is 7.85. The van der Waals surface area contributed by atoms with Crippen molar-refractivity contribution < 1.29 is 24.7 Å². The molecule has 0 aliphatic rings. The standard InChI is InChI=1S/C5H5N2.Hf/c6-5-3-1-2-4-7-5;/h1-4H,(H-,6,7);/q-1;+1. The van der Waals surface area contributed by atoms with Gasteiger partial charge in [-0.25, -0.2) is 0 Å². The molecular formula is C5H5HfN2. The molecule has 0 atom stereocenters. The Morgan fingerprint density at radius 1 is 1.50 bits per heavy atom. The Hall–Kier alpha value is -0.180. The number of hydrogen-bond acceptors (Lipinski definition) is 2. The topological polar surface area (TPSA) is 24.9 Å². The summed E-state index contributed by atoms with van der Waals surface area (Å²) in [4.78, 5) is 4.02. The van der Waals surface area contributed by atoms with E-state index < -0.39 is 0 Å². The zero-order valence-electron chi connectivity index (χ0n) is 4.26. The SMILES string of the molecule is [Hf][NH]c1ccccn1. The van der Waals surface area contributed by atoms with E-state index >= 15 is 0 Å². The molecule has 2 nitrogen and oxygen atoms in total. The fourth-order valence-corrected chi connectivity index (χ4v) is 0.968. The molecule has 0 saturated carbocycles. The van der Waals surface area contributed by atoms with Gasteiger partial charge in [0.25, 0.3) is 0 Å². The molecule has 8 heavy (non-hydrogen) atoms. The van der Waals surface area contributed by atoms with Crippen LogP contribution in [0, 0.1) is 0 Å². The van der Waals surface area contributed by atoms with E-state index in [4.69, 9.17) is 0 Å². The molecule has 3 heteroatoms. The Labute approximate surface area is 63.3 Å². The molecule has 0 amide bonds. The Morgan fingerprint density at radius 3 is 2.75 bits per heavy atom. The molecule has 0 saturated heterocycles. The molecular weight excluding hydrogens is 267 g/mol. The van der Waals surface area contributed by atoms with Crippen molar-refractivity contribution in [3.05, 3.63) is 24.4 Å². The molecule has 0 aliphatic carbocycles. The van der Waals surface area contributed by atoms with Crippen molar-refractivity contribution in [2.24, 2.45) is 0 Å². The molecule has 0 radical (unpaired) electrons. The molecule has 1 N–H and O–H groups in total. The summed E-state index contributed by atoms with van der Waals surface area (Å²) in [7, 11) is 0. The minimum absolute atomic E-state index is 0.964. The van der Waals surface area contributed by atoms with Gasteiger partial charge in [-0.1, -0.05) is 0 Å². The molecule has 1 rings (SSSR count). The molecule has 0 bridgehead atoms. The van der Waals surface area contributed by atoms with Gasteiger partial charge >= 0.3 is 63.2 Å². The van der Waals surface area contributed by atoms with Crippen molar-refractivity contribution >= 4 is 5.82 Å². The summed E-state index contributed by atoms with van der Waals surface area (Å²) < 4.78 is 3.05. The van der Waals surface area contributed by atoms with Crippen molar-refractivity contribution in [3.63, 3.8) is 0 Å². The molecule has 0 aliphatic heterocycles. The monoisotopic (exact) mass is 273 g/mol. The summed E-state index contributed by atoms with van der Waals surface area (Å²) in [5.41, 5.74) is 0. The summed E-state index contributed by atoms with van der Waals surface area (Å²) in [5, 5.41) is 0. The maximum absolute atomic E-state index is 4.02. The predicted octanol–water partition coefficient (Wildman–Crippen LogP) is 0.955. The summed E-state index contributed by atoms with van der Waals surface area (Å²) in [6, 6.07) is 5.82. The van der Waals surface area contributed by atoms with Gasteiger partial charge in [0, 0.05) is 0 Å². The first kappa shape index (κ1) is 5.95. The number of hydrogen-bond donors (Lipinski definition) is 1. The quantitative estimate of drug-likeness (QED) is 0.770. The third-order valence-corrected chi connectivity index (χ3v) is 1.71. The molecule has 0 unspecified atom stereocenters. The van der Waals surface area contributed by atoms with E-state index in [2.05, 4.69) is 8.29 Å². The van der Waals surface area contributed by atoms with Crippen molar-refractivity contribution in [2.45, 2.75) is 0 Å². The minimum atomic E-state index is 0.964. The first-order valence-corrected chi connectivity index (χ1v) is 4.07. The van der Waals surface area contributed by atoms with Gasteiger partial charge in [-0.3, -0.25) is 0 Å². The van der Waals surface area contributed by atoms with Crippen LogP contribution in [0.2, 0.25) is 0 Å². The number of nitrogens with zero attached hydrogens (tertiary/aromatic N) is 1. The summed E-state index contributed by atoms with van der Waals surface area (Å²) in [6.07, 6.45) is 1.78. The van der Waals surface area contributed by atoms with Crippen LogP contribution in [-0.2, 0) is 24.7 Å². The second-order valence-corrected chi connectivity index (χ2v) is 2.24. The maximum atomic E-state index is 4.02. The van der Waals surface area contributed by atoms with Gasteiger partial charge in [0.1, 0.15) is 0 Å². The number of rotatable bonds is 1. The van der Waals surface area contributed by atoms with Crippen LogP contribution in [0.5, 0.6) is 0 Å². The van der Waals surface area contributed by atoms with Gasteiger partial charge in [-0.15, -0.1) is 0 Å². The van der Waals surface area contributed by atoms with Crippen molar-refractivity contribution in [3.8, 4) is 0 Å².